The lowest BCUT2D eigenvalue weighted by molar-refractivity contribution is 0.0744. The number of H-pyrrole nitrogens is 2. The first-order valence-electron chi connectivity index (χ1n) is 9.97. The van der Waals surface area contributed by atoms with E-state index in [1.807, 2.05) is 26.0 Å². The summed E-state index contributed by atoms with van der Waals surface area (Å²) in [5, 5.41) is 0.669. The van der Waals surface area contributed by atoms with Crippen molar-refractivity contribution in [1.82, 2.24) is 19.9 Å². The number of aromatic amines is 2. The van der Waals surface area contributed by atoms with Crippen molar-refractivity contribution in [3.63, 3.8) is 0 Å². The molecule has 4 rings (SSSR count). The molecule has 0 unspecified atom stereocenters. The standard InChI is InChI=1S/C23H25N5O3/c1-12-9-17-18(10-13(12)2)27-22(29)21(26-17)20-19(24)15-11-14(5-6-16(15)25-20)23(30)28(3)7-8-31-4/h5-6,9-11,25H,7-8,24H2,1-4H3,(H,27,29). The Morgan fingerprint density at radius 3 is 2.61 bits per heavy atom. The molecule has 1 amide bonds. The van der Waals surface area contributed by atoms with Crippen molar-refractivity contribution in [2.45, 2.75) is 13.8 Å². The van der Waals surface area contributed by atoms with Crippen molar-refractivity contribution in [3.05, 3.63) is 57.4 Å². The van der Waals surface area contributed by atoms with E-state index in [1.54, 1.807) is 37.3 Å². The van der Waals surface area contributed by atoms with E-state index in [4.69, 9.17) is 10.5 Å². The molecule has 0 aliphatic heterocycles. The van der Waals surface area contributed by atoms with Crippen LogP contribution in [-0.2, 0) is 4.74 Å². The minimum Gasteiger partial charge on any atom is -0.396 e. The van der Waals surface area contributed by atoms with Crippen LogP contribution >= 0.6 is 0 Å². The number of amides is 1. The lowest BCUT2D eigenvalue weighted by Gasteiger charge is -2.16. The third-order valence-corrected chi connectivity index (χ3v) is 5.61. The number of carbonyl (C=O) groups is 1. The maximum atomic E-state index is 12.8. The van der Waals surface area contributed by atoms with E-state index in [9.17, 15) is 9.59 Å². The zero-order chi connectivity index (χ0) is 22.3. The molecule has 0 bridgehead atoms. The Labute approximate surface area is 179 Å². The summed E-state index contributed by atoms with van der Waals surface area (Å²) in [7, 11) is 3.32. The van der Waals surface area contributed by atoms with Gasteiger partial charge in [0, 0.05) is 37.2 Å². The number of aryl methyl sites for hydroxylation is 2. The van der Waals surface area contributed by atoms with Crippen molar-refractivity contribution in [2.24, 2.45) is 0 Å². The molecule has 4 N–H and O–H groups in total. The van der Waals surface area contributed by atoms with E-state index in [-0.39, 0.29) is 17.2 Å². The number of hydrogen-bond acceptors (Lipinski definition) is 5. The van der Waals surface area contributed by atoms with Crippen molar-refractivity contribution in [3.8, 4) is 11.4 Å². The van der Waals surface area contributed by atoms with Crippen molar-refractivity contribution in [2.75, 3.05) is 33.0 Å². The van der Waals surface area contributed by atoms with E-state index < -0.39 is 0 Å². The molecule has 0 fully saturated rings. The van der Waals surface area contributed by atoms with Crippen LogP contribution in [0, 0.1) is 13.8 Å². The number of nitrogens with one attached hydrogen (secondary N) is 2. The molecular formula is C23H25N5O3. The fraction of sp³-hybridized carbons (Fsp3) is 0.261. The zero-order valence-corrected chi connectivity index (χ0v) is 18.0. The molecule has 31 heavy (non-hydrogen) atoms. The number of fused-ring (bicyclic) bond motifs is 2. The van der Waals surface area contributed by atoms with Crippen LogP contribution in [0.25, 0.3) is 33.3 Å². The molecule has 2 heterocycles. The second kappa shape index (κ2) is 7.88. The summed E-state index contributed by atoms with van der Waals surface area (Å²) in [4.78, 5) is 37.7. The quantitative estimate of drug-likeness (QED) is 0.460. The summed E-state index contributed by atoms with van der Waals surface area (Å²) in [6.07, 6.45) is 0. The lowest BCUT2D eigenvalue weighted by Crippen LogP contribution is -2.29. The second-order valence-corrected chi connectivity index (χ2v) is 7.76. The van der Waals surface area contributed by atoms with Gasteiger partial charge < -0.3 is 25.3 Å². The van der Waals surface area contributed by atoms with Gasteiger partial charge in [-0.3, -0.25) is 9.59 Å². The smallest absolute Gasteiger partial charge is 0.276 e. The Balaban J connectivity index is 1.80. The van der Waals surface area contributed by atoms with Crippen LogP contribution in [0.1, 0.15) is 21.5 Å². The fourth-order valence-corrected chi connectivity index (χ4v) is 3.60. The number of carbonyl (C=O) groups excluding carboxylic acids is 1. The maximum Gasteiger partial charge on any atom is 0.276 e. The number of hydrogen-bond donors (Lipinski definition) is 3. The second-order valence-electron chi connectivity index (χ2n) is 7.76. The summed E-state index contributed by atoms with van der Waals surface area (Å²) < 4.78 is 5.04. The zero-order valence-electron chi connectivity index (χ0n) is 18.0. The number of benzene rings is 2. The minimum absolute atomic E-state index is 0.131. The molecular weight excluding hydrogens is 394 g/mol. The van der Waals surface area contributed by atoms with Crippen LogP contribution < -0.4 is 11.3 Å². The third kappa shape index (κ3) is 3.66. The normalized spacial score (nSPS) is 11.4. The van der Waals surface area contributed by atoms with Gasteiger partial charge in [-0.05, 0) is 55.3 Å². The number of methoxy groups -OCH3 is 1. The van der Waals surface area contributed by atoms with E-state index in [1.165, 1.54) is 0 Å². The van der Waals surface area contributed by atoms with Crippen LogP contribution in [0.2, 0.25) is 0 Å². The van der Waals surface area contributed by atoms with Crippen molar-refractivity contribution in [1.29, 1.82) is 0 Å². The van der Waals surface area contributed by atoms with Gasteiger partial charge in [0.2, 0.25) is 0 Å². The van der Waals surface area contributed by atoms with Crippen LogP contribution in [0.4, 0.5) is 5.69 Å². The van der Waals surface area contributed by atoms with Gasteiger partial charge in [-0.25, -0.2) is 4.98 Å². The molecule has 0 saturated carbocycles. The van der Waals surface area contributed by atoms with Gasteiger partial charge in [-0.15, -0.1) is 0 Å². The summed E-state index contributed by atoms with van der Waals surface area (Å²) >= 11 is 0. The SMILES string of the molecule is COCCN(C)C(=O)c1ccc2[nH]c(-c3nc4cc(C)c(C)cc4[nH]c3=O)c(N)c2c1. The summed E-state index contributed by atoms with van der Waals surface area (Å²) in [5.74, 6) is -0.131. The van der Waals surface area contributed by atoms with E-state index >= 15 is 0 Å². The van der Waals surface area contributed by atoms with Crippen LogP contribution in [0.5, 0.6) is 0 Å². The number of rotatable bonds is 5. The highest BCUT2D eigenvalue weighted by atomic mass is 16.5. The summed E-state index contributed by atoms with van der Waals surface area (Å²) in [5.41, 5.74) is 11.9. The van der Waals surface area contributed by atoms with Gasteiger partial charge in [0.25, 0.3) is 11.5 Å². The van der Waals surface area contributed by atoms with Crippen LogP contribution in [0.3, 0.4) is 0 Å². The molecule has 160 valence electrons. The highest BCUT2D eigenvalue weighted by Crippen LogP contribution is 2.31. The van der Waals surface area contributed by atoms with E-state index in [0.29, 0.717) is 46.5 Å². The number of ether oxygens (including phenoxy) is 1. The first-order valence-corrected chi connectivity index (χ1v) is 9.97. The average Bonchev–Trinajstić information content (AvgIpc) is 3.08. The fourth-order valence-electron chi connectivity index (χ4n) is 3.60. The molecule has 0 radical (unpaired) electrons. The number of anilines is 1. The predicted octanol–water partition coefficient (Wildman–Crippen LogP) is 2.99. The van der Waals surface area contributed by atoms with E-state index in [0.717, 1.165) is 16.6 Å². The highest BCUT2D eigenvalue weighted by Gasteiger charge is 2.18. The van der Waals surface area contributed by atoms with Gasteiger partial charge >= 0.3 is 0 Å². The first kappa shape index (κ1) is 20.6. The van der Waals surface area contributed by atoms with Crippen LogP contribution in [-0.4, -0.2) is 53.1 Å². The average molecular weight is 419 g/mol. The Morgan fingerprint density at radius 1 is 1.13 bits per heavy atom. The number of nitrogens with two attached hydrogens (primary N) is 1. The Kier molecular flexibility index (Phi) is 5.24. The third-order valence-electron chi connectivity index (χ3n) is 5.61. The van der Waals surface area contributed by atoms with Gasteiger partial charge in [-0.2, -0.15) is 0 Å². The molecule has 4 aromatic rings. The molecule has 0 aliphatic rings. The molecule has 8 nitrogen and oxygen atoms in total. The molecule has 2 aromatic carbocycles. The van der Waals surface area contributed by atoms with Gasteiger partial charge in [-0.1, -0.05) is 0 Å². The summed E-state index contributed by atoms with van der Waals surface area (Å²) in [6.45, 7) is 4.93. The monoisotopic (exact) mass is 419 g/mol. The maximum absolute atomic E-state index is 12.8. The number of likely N-dealkylation sites (N-methyl/N-ethyl adjacent to an activating group) is 1. The van der Waals surface area contributed by atoms with Crippen molar-refractivity contribution < 1.29 is 9.53 Å². The number of nitrogens with zero attached hydrogens (tertiary/aromatic N) is 2. The molecule has 0 aliphatic carbocycles. The molecule has 2 aromatic heterocycles. The topological polar surface area (TPSA) is 117 Å². The first-order chi connectivity index (χ1) is 14.8. The van der Waals surface area contributed by atoms with Crippen LogP contribution in [0.15, 0.2) is 35.1 Å². The number of aromatic nitrogens is 3. The Morgan fingerprint density at radius 2 is 1.87 bits per heavy atom. The van der Waals surface area contributed by atoms with Gasteiger partial charge in [0.15, 0.2) is 5.69 Å². The lowest BCUT2D eigenvalue weighted by atomic mass is 10.1. The predicted molar refractivity (Wildman–Crippen MR) is 122 cm³/mol. The minimum atomic E-state index is -0.329. The number of nitrogen functional groups attached to an aromatic ring is 1. The molecule has 0 atom stereocenters. The van der Waals surface area contributed by atoms with E-state index in [2.05, 4.69) is 15.0 Å². The van der Waals surface area contributed by atoms with Gasteiger partial charge in [0.1, 0.15) is 0 Å². The molecule has 0 saturated heterocycles. The molecule has 8 heteroatoms. The molecule has 0 spiro atoms. The Bertz CT molecular complexity index is 1370. The highest BCUT2D eigenvalue weighted by molar-refractivity contribution is 6.04. The van der Waals surface area contributed by atoms with Gasteiger partial charge in [0.05, 0.1) is 29.0 Å². The van der Waals surface area contributed by atoms with Crippen molar-refractivity contribution >= 4 is 33.5 Å². The Hall–Kier alpha value is -3.65. The summed E-state index contributed by atoms with van der Waals surface area (Å²) in [6, 6.07) is 9.11. The largest absolute Gasteiger partial charge is 0.396 e.